The summed E-state index contributed by atoms with van der Waals surface area (Å²) < 4.78 is 10.4. The first-order valence-corrected chi connectivity index (χ1v) is 10.1. The minimum Gasteiger partial charge on any atom is -0.502 e. The zero-order valence-electron chi connectivity index (χ0n) is 12.9. The Morgan fingerprint density at radius 2 is 1.90 bits per heavy atom. The quantitative estimate of drug-likeness (QED) is 0.591. The van der Waals surface area contributed by atoms with E-state index in [0.717, 1.165) is 0 Å². The van der Waals surface area contributed by atoms with Gasteiger partial charge in [0.1, 0.15) is 0 Å². The summed E-state index contributed by atoms with van der Waals surface area (Å²) in [7, 11) is -0.241. The van der Waals surface area contributed by atoms with Crippen LogP contribution >= 0.6 is 0 Å². The van der Waals surface area contributed by atoms with Gasteiger partial charge in [0.25, 0.3) is 0 Å². The number of aliphatic hydroxyl groups excluding tert-OH is 1. The van der Waals surface area contributed by atoms with Crippen LogP contribution in [0.1, 0.15) is 6.92 Å². The van der Waals surface area contributed by atoms with Crippen molar-refractivity contribution in [3.63, 3.8) is 0 Å². The van der Waals surface area contributed by atoms with E-state index in [4.69, 9.17) is 9.47 Å². The summed E-state index contributed by atoms with van der Waals surface area (Å²) in [4.78, 5) is 0. The van der Waals surface area contributed by atoms with Crippen LogP contribution < -0.4 is 5.19 Å². The van der Waals surface area contributed by atoms with Crippen LogP contribution in [0, 0.1) is 0 Å². The van der Waals surface area contributed by atoms with Gasteiger partial charge in [0.15, 0.2) is 0 Å². The van der Waals surface area contributed by atoms with Crippen molar-refractivity contribution >= 4 is 13.3 Å². The van der Waals surface area contributed by atoms with Crippen LogP contribution in [0.25, 0.3) is 0 Å². The number of rotatable bonds is 8. The van der Waals surface area contributed by atoms with Gasteiger partial charge in [-0.2, -0.15) is 0 Å². The average Bonchev–Trinajstić information content (AvgIpc) is 2.44. The van der Waals surface area contributed by atoms with Crippen LogP contribution in [0.2, 0.25) is 18.6 Å². The smallest absolute Gasteiger partial charge is 0.0904 e. The van der Waals surface area contributed by atoms with Crippen LogP contribution in [0.15, 0.2) is 42.7 Å². The minimum absolute atomic E-state index is 0.0522. The summed E-state index contributed by atoms with van der Waals surface area (Å²) in [5, 5.41) is 11.7. The Kier molecular flexibility index (Phi) is 6.99. The number of benzene rings is 1. The Morgan fingerprint density at radius 1 is 1.25 bits per heavy atom. The van der Waals surface area contributed by atoms with Crippen LogP contribution in [0.5, 0.6) is 0 Å². The molecular formula is C16H26O3Si. The van der Waals surface area contributed by atoms with Crippen LogP contribution in [0.4, 0.5) is 0 Å². The number of hydrogen-bond acceptors (Lipinski definition) is 3. The van der Waals surface area contributed by atoms with Gasteiger partial charge in [-0.25, -0.2) is 0 Å². The second-order valence-corrected chi connectivity index (χ2v) is 10.1. The average molecular weight is 294 g/mol. The Hall–Kier alpha value is -1.10. The fraction of sp³-hybridized carbons (Fsp3) is 0.500. The van der Waals surface area contributed by atoms with E-state index in [1.165, 1.54) is 5.19 Å². The van der Waals surface area contributed by atoms with Gasteiger partial charge in [-0.1, -0.05) is 48.6 Å². The fourth-order valence-corrected chi connectivity index (χ4v) is 5.48. The predicted molar refractivity (Wildman–Crippen MR) is 86.0 cm³/mol. The highest BCUT2D eigenvalue weighted by molar-refractivity contribution is 6.91. The van der Waals surface area contributed by atoms with Gasteiger partial charge in [-0.3, -0.25) is 0 Å². The SMILES string of the molecule is CCO/C=C\[C@H]([C@H](O)COC)[Si](C)(C)c1ccccc1. The summed E-state index contributed by atoms with van der Waals surface area (Å²) in [5.74, 6) is 0. The lowest BCUT2D eigenvalue weighted by atomic mass is 10.2. The zero-order valence-corrected chi connectivity index (χ0v) is 13.9. The Balaban J connectivity index is 3.01. The first-order valence-electron chi connectivity index (χ1n) is 7.04. The van der Waals surface area contributed by atoms with Gasteiger partial charge in [-0.05, 0) is 13.0 Å². The topological polar surface area (TPSA) is 38.7 Å². The highest BCUT2D eigenvalue weighted by Gasteiger charge is 2.36. The summed E-state index contributed by atoms with van der Waals surface area (Å²) in [6.07, 6.45) is 3.19. The lowest BCUT2D eigenvalue weighted by Crippen LogP contribution is -2.50. The molecule has 3 nitrogen and oxygen atoms in total. The van der Waals surface area contributed by atoms with Crippen molar-refractivity contribution in [3.05, 3.63) is 42.7 Å². The standard InChI is InChI=1S/C16H26O3Si/c1-5-19-12-11-16(15(17)13-18-2)20(3,4)14-9-7-6-8-10-14/h6-12,15-17H,5,13H2,1-4H3/b12-11-/t15-,16-/m1/s1. The molecule has 2 atom stereocenters. The second kappa shape index (κ2) is 8.24. The molecular weight excluding hydrogens is 268 g/mol. The molecule has 20 heavy (non-hydrogen) atoms. The molecule has 1 N–H and O–H groups in total. The van der Waals surface area contributed by atoms with Crippen LogP contribution in [-0.2, 0) is 9.47 Å². The maximum Gasteiger partial charge on any atom is 0.0904 e. The maximum atomic E-state index is 10.4. The summed E-state index contributed by atoms with van der Waals surface area (Å²) in [5.41, 5.74) is 0.0522. The summed E-state index contributed by atoms with van der Waals surface area (Å²) >= 11 is 0. The predicted octanol–water partition coefficient (Wildman–Crippen LogP) is 2.53. The van der Waals surface area contributed by atoms with Gasteiger partial charge in [0.05, 0.1) is 33.7 Å². The summed E-state index contributed by atoms with van der Waals surface area (Å²) in [6, 6.07) is 10.4. The van der Waals surface area contributed by atoms with E-state index in [-0.39, 0.29) is 5.54 Å². The van der Waals surface area contributed by atoms with Crippen molar-refractivity contribution in [2.75, 3.05) is 20.3 Å². The van der Waals surface area contributed by atoms with E-state index in [1.54, 1.807) is 13.4 Å². The molecule has 112 valence electrons. The minimum atomic E-state index is -1.86. The molecule has 0 aliphatic carbocycles. The van der Waals surface area contributed by atoms with E-state index in [9.17, 15) is 5.11 Å². The maximum absolute atomic E-state index is 10.4. The van der Waals surface area contributed by atoms with E-state index in [2.05, 4.69) is 37.4 Å². The molecule has 0 saturated carbocycles. The molecule has 0 aromatic heterocycles. The molecule has 0 spiro atoms. The normalized spacial score (nSPS) is 15.2. The molecule has 0 fully saturated rings. The molecule has 0 bridgehead atoms. The van der Waals surface area contributed by atoms with Crippen molar-refractivity contribution in [2.45, 2.75) is 31.7 Å². The fourth-order valence-electron chi connectivity index (χ4n) is 2.42. The van der Waals surface area contributed by atoms with Gasteiger partial charge >= 0.3 is 0 Å². The molecule has 0 heterocycles. The van der Waals surface area contributed by atoms with E-state index >= 15 is 0 Å². The van der Waals surface area contributed by atoms with Crippen molar-refractivity contribution in [1.29, 1.82) is 0 Å². The number of hydrogen-bond donors (Lipinski definition) is 1. The highest BCUT2D eigenvalue weighted by atomic mass is 28.3. The van der Waals surface area contributed by atoms with E-state index in [1.807, 2.05) is 19.1 Å². The van der Waals surface area contributed by atoms with Gasteiger partial charge in [0.2, 0.25) is 0 Å². The number of methoxy groups -OCH3 is 1. The summed E-state index contributed by atoms with van der Waals surface area (Å²) in [6.45, 7) is 7.45. The molecule has 0 unspecified atom stereocenters. The molecule has 4 heteroatoms. The van der Waals surface area contributed by atoms with Crippen molar-refractivity contribution in [1.82, 2.24) is 0 Å². The molecule has 0 aliphatic rings. The lowest BCUT2D eigenvalue weighted by Gasteiger charge is -2.34. The molecule has 1 aromatic carbocycles. The van der Waals surface area contributed by atoms with E-state index < -0.39 is 14.2 Å². The highest BCUT2D eigenvalue weighted by Crippen LogP contribution is 2.27. The third-order valence-corrected chi connectivity index (χ3v) is 7.72. The van der Waals surface area contributed by atoms with Crippen molar-refractivity contribution in [2.24, 2.45) is 0 Å². The first-order chi connectivity index (χ1) is 9.54. The lowest BCUT2D eigenvalue weighted by molar-refractivity contribution is 0.0652. The van der Waals surface area contributed by atoms with Gasteiger partial charge < -0.3 is 14.6 Å². The number of aliphatic hydroxyl groups is 1. The third-order valence-electron chi connectivity index (χ3n) is 3.65. The number of ether oxygens (including phenoxy) is 2. The first kappa shape index (κ1) is 16.9. The molecule has 0 radical (unpaired) electrons. The molecule has 0 amide bonds. The largest absolute Gasteiger partial charge is 0.502 e. The molecule has 1 rings (SSSR count). The Morgan fingerprint density at radius 3 is 2.45 bits per heavy atom. The van der Waals surface area contributed by atoms with Gasteiger partial charge in [0, 0.05) is 12.7 Å². The van der Waals surface area contributed by atoms with E-state index in [0.29, 0.717) is 13.2 Å². The molecule has 0 saturated heterocycles. The monoisotopic (exact) mass is 294 g/mol. The van der Waals surface area contributed by atoms with Crippen LogP contribution in [-0.4, -0.2) is 39.6 Å². The zero-order chi connectivity index (χ0) is 15.0. The molecule has 1 aromatic rings. The van der Waals surface area contributed by atoms with Gasteiger partial charge in [-0.15, -0.1) is 0 Å². The van der Waals surface area contributed by atoms with Crippen molar-refractivity contribution in [3.8, 4) is 0 Å². The second-order valence-electron chi connectivity index (χ2n) is 5.42. The van der Waals surface area contributed by atoms with Crippen LogP contribution in [0.3, 0.4) is 0 Å². The van der Waals surface area contributed by atoms with Crippen molar-refractivity contribution < 1.29 is 14.6 Å². The molecule has 0 aliphatic heterocycles. The third kappa shape index (κ3) is 4.47. The Labute approximate surface area is 123 Å². The Bertz CT molecular complexity index is 403.